The summed E-state index contributed by atoms with van der Waals surface area (Å²) >= 11 is 5.61. The molecule has 1 rings (SSSR count). The van der Waals surface area contributed by atoms with E-state index in [1.165, 1.54) is 18.2 Å². The van der Waals surface area contributed by atoms with Gasteiger partial charge in [-0.1, -0.05) is 17.7 Å². The summed E-state index contributed by atoms with van der Waals surface area (Å²) in [7, 11) is 0. The van der Waals surface area contributed by atoms with Crippen molar-refractivity contribution in [3.05, 3.63) is 34.6 Å². The van der Waals surface area contributed by atoms with Crippen LogP contribution in [0.5, 0.6) is 0 Å². The Balaban J connectivity index is 2.37. The summed E-state index contributed by atoms with van der Waals surface area (Å²) in [5.41, 5.74) is -0.174. The molecule has 1 aromatic carbocycles. The summed E-state index contributed by atoms with van der Waals surface area (Å²) in [5.74, 6) is -3.72. The number of hydrogen-bond donors (Lipinski definition) is 2. The smallest absolute Gasteiger partial charge is 0.407 e. The minimum absolute atomic E-state index is 0.0670. The van der Waals surface area contributed by atoms with Crippen molar-refractivity contribution >= 4 is 17.7 Å². The number of halogens is 4. The van der Waals surface area contributed by atoms with E-state index >= 15 is 0 Å². The number of benzene rings is 1. The summed E-state index contributed by atoms with van der Waals surface area (Å²) < 4.78 is 45.1. The predicted molar refractivity (Wildman–Crippen MR) is 82.3 cm³/mol. The molecule has 0 aromatic heterocycles. The van der Waals surface area contributed by atoms with Crippen molar-refractivity contribution in [1.82, 2.24) is 10.6 Å². The molecule has 0 fully saturated rings. The molecule has 0 saturated carbocycles. The maximum Gasteiger partial charge on any atom is 0.407 e. The lowest BCUT2D eigenvalue weighted by Gasteiger charge is -2.22. The molecule has 0 bridgehead atoms. The molecule has 1 amide bonds. The second-order valence-corrected chi connectivity index (χ2v) is 6.47. The fourth-order valence-electron chi connectivity index (χ4n) is 1.62. The van der Waals surface area contributed by atoms with Crippen LogP contribution < -0.4 is 10.6 Å². The number of ether oxygens (including phenoxy) is 1. The van der Waals surface area contributed by atoms with Gasteiger partial charge in [0.2, 0.25) is 0 Å². The predicted octanol–water partition coefficient (Wildman–Crippen LogP) is 3.73. The zero-order chi connectivity index (χ0) is 17.7. The molecular formula is C15H20ClF3N2O2. The van der Waals surface area contributed by atoms with Gasteiger partial charge in [-0.3, -0.25) is 0 Å². The molecule has 0 aliphatic heterocycles. The quantitative estimate of drug-likeness (QED) is 0.820. The van der Waals surface area contributed by atoms with Crippen LogP contribution in [0, 0.1) is 5.82 Å². The van der Waals surface area contributed by atoms with Gasteiger partial charge in [-0.15, -0.1) is 0 Å². The average Bonchev–Trinajstić information content (AvgIpc) is 2.39. The van der Waals surface area contributed by atoms with Gasteiger partial charge in [-0.05, 0) is 38.5 Å². The number of rotatable bonds is 6. The van der Waals surface area contributed by atoms with E-state index in [2.05, 4.69) is 5.32 Å². The number of amides is 1. The second kappa shape index (κ2) is 7.88. The third-order valence-electron chi connectivity index (χ3n) is 2.59. The van der Waals surface area contributed by atoms with Crippen molar-refractivity contribution in [2.24, 2.45) is 0 Å². The molecule has 1 aromatic rings. The van der Waals surface area contributed by atoms with Crippen LogP contribution in [0.4, 0.5) is 18.0 Å². The zero-order valence-corrected chi connectivity index (χ0v) is 13.9. The zero-order valence-electron chi connectivity index (χ0n) is 13.2. The van der Waals surface area contributed by atoms with Gasteiger partial charge in [0.15, 0.2) is 0 Å². The highest BCUT2D eigenvalue weighted by atomic mass is 35.5. The number of nitrogens with one attached hydrogen (secondary N) is 2. The van der Waals surface area contributed by atoms with Crippen molar-refractivity contribution < 1.29 is 22.7 Å². The topological polar surface area (TPSA) is 50.4 Å². The van der Waals surface area contributed by atoms with Gasteiger partial charge in [0.25, 0.3) is 5.92 Å². The van der Waals surface area contributed by atoms with E-state index in [9.17, 15) is 18.0 Å². The molecule has 0 radical (unpaired) electrons. The largest absolute Gasteiger partial charge is 0.444 e. The highest BCUT2D eigenvalue weighted by Gasteiger charge is 2.30. The van der Waals surface area contributed by atoms with Crippen LogP contribution in [-0.2, 0) is 11.3 Å². The monoisotopic (exact) mass is 352 g/mol. The van der Waals surface area contributed by atoms with Gasteiger partial charge in [0.1, 0.15) is 11.4 Å². The van der Waals surface area contributed by atoms with E-state index in [0.717, 1.165) is 0 Å². The van der Waals surface area contributed by atoms with Crippen LogP contribution in [0.15, 0.2) is 18.2 Å². The molecule has 23 heavy (non-hydrogen) atoms. The number of carbonyl (C=O) groups excluding carboxylic acids is 1. The molecular weight excluding hydrogens is 333 g/mol. The van der Waals surface area contributed by atoms with Crippen LogP contribution in [0.1, 0.15) is 26.3 Å². The Hall–Kier alpha value is -1.47. The van der Waals surface area contributed by atoms with E-state index in [0.29, 0.717) is 5.56 Å². The number of alkyl carbamates (subject to hydrolysis) is 1. The van der Waals surface area contributed by atoms with Gasteiger partial charge in [-0.2, -0.15) is 0 Å². The highest BCUT2D eigenvalue weighted by Crippen LogP contribution is 2.16. The molecule has 4 nitrogen and oxygen atoms in total. The van der Waals surface area contributed by atoms with Gasteiger partial charge in [-0.25, -0.2) is 18.0 Å². The SMILES string of the molecule is CC(C)(C)OC(=O)NCC(F)(F)CNCc1ccc(F)c(Cl)c1. The molecule has 0 aliphatic carbocycles. The molecule has 0 saturated heterocycles. The van der Waals surface area contributed by atoms with E-state index in [4.69, 9.17) is 16.3 Å². The van der Waals surface area contributed by atoms with Crippen molar-refractivity contribution in [1.29, 1.82) is 0 Å². The van der Waals surface area contributed by atoms with Crippen LogP contribution in [0.2, 0.25) is 5.02 Å². The summed E-state index contributed by atoms with van der Waals surface area (Å²) in [6.07, 6.45) is -0.900. The van der Waals surface area contributed by atoms with E-state index < -0.39 is 36.5 Å². The Morgan fingerprint density at radius 3 is 2.48 bits per heavy atom. The molecule has 0 aliphatic rings. The number of alkyl halides is 2. The van der Waals surface area contributed by atoms with Crippen LogP contribution in [-0.4, -0.2) is 30.7 Å². The lowest BCUT2D eigenvalue weighted by Crippen LogP contribution is -2.44. The molecule has 0 spiro atoms. The summed E-state index contributed by atoms with van der Waals surface area (Å²) in [6.45, 7) is 3.51. The molecule has 0 heterocycles. The molecule has 2 N–H and O–H groups in total. The summed E-state index contributed by atoms with van der Waals surface area (Å²) in [5, 5.41) is 4.49. The van der Waals surface area contributed by atoms with Gasteiger partial charge in [0, 0.05) is 6.54 Å². The van der Waals surface area contributed by atoms with E-state index in [1.54, 1.807) is 20.8 Å². The fraction of sp³-hybridized carbons (Fsp3) is 0.533. The lowest BCUT2D eigenvalue weighted by molar-refractivity contribution is -0.00376. The van der Waals surface area contributed by atoms with Crippen LogP contribution in [0.25, 0.3) is 0 Å². The molecule has 0 atom stereocenters. The second-order valence-electron chi connectivity index (χ2n) is 6.06. The Kier molecular flexibility index (Phi) is 6.70. The molecule has 130 valence electrons. The Labute approximate surface area is 138 Å². The first-order chi connectivity index (χ1) is 10.5. The van der Waals surface area contributed by atoms with Gasteiger partial charge < -0.3 is 15.4 Å². The Bertz CT molecular complexity index is 548. The van der Waals surface area contributed by atoms with Crippen LogP contribution in [0.3, 0.4) is 0 Å². The van der Waals surface area contributed by atoms with Crippen molar-refractivity contribution in [2.45, 2.75) is 38.8 Å². The summed E-state index contributed by atoms with van der Waals surface area (Å²) in [4.78, 5) is 11.3. The Morgan fingerprint density at radius 1 is 1.26 bits per heavy atom. The molecule has 8 heteroatoms. The maximum absolute atomic E-state index is 13.6. The number of carbonyl (C=O) groups is 1. The summed E-state index contributed by atoms with van der Waals surface area (Å²) in [6, 6.07) is 3.98. The van der Waals surface area contributed by atoms with Crippen molar-refractivity contribution in [2.75, 3.05) is 13.1 Å². The Morgan fingerprint density at radius 2 is 1.91 bits per heavy atom. The van der Waals surface area contributed by atoms with E-state index in [1.807, 2.05) is 5.32 Å². The van der Waals surface area contributed by atoms with Gasteiger partial charge >= 0.3 is 6.09 Å². The molecule has 0 unspecified atom stereocenters. The standard InChI is InChI=1S/C15H20ClF3N2O2/c1-14(2,3)23-13(22)21-9-15(18,19)8-20-7-10-4-5-12(17)11(16)6-10/h4-6,20H,7-9H2,1-3H3,(H,21,22). The van der Waals surface area contributed by atoms with Crippen molar-refractivity contribution in [3.63, 3.8) is 0 Å². The minimum atomic E-state index is -3.15. The maximum atomic E-state index is 13.6. The van der Waals surface area contributed by atoms with Crippen LogP contribution >= 0.6 is 11.6 Å². The first kappa shape index (κ1) is 19.6. The highest BCUT2D eigenvalue weighted by molar-refractivity contribution is 6.30. The first-order valence-corrected chi connectivity index (χ1v) is 7.36. The van der Waals surface area contributed by atoms with Crippen molar-refractivity contribution in [3.8, 4) is 0 Å². The van der Waals surface area contributed by atoms with E-state index in [-0.39, 0.29) is 11.6 Å². The third kappa shape index (κ3) is 8.08. The fourth-order valence-corrected chi connectivity index (χ4v) is 1.82. The first-order valence-electron chi connectivity index (χ1n) is 6.98. The lowest BCUT2D eigenvalue weighted by atomic mass is 10.2. The van der Waals surface area contributed by atoms with Gasteiger partial charge in [0.05, 0.1) is 18.1 Å². The minimum Gasteiger partial charge on any atom is -0.444 e. The average molecular weight is 353 g/mol. The third-order valence-corrected chi connectivity index (χ3v) is 2.88. The number of hydrogen-bond acceptors (Lipinski definition) is 3. The normalized spacial score (nSPS) is 12.1.